The number of morpholine rings is 1. The van der Waals surface area contributed by atoms with Gasteiger partial charge in [-0.25, -0.2) is 4.79 Å². The molecule has 1 aromatic heterocycles. The van der Waals surface area contributed by atoms with Crippen LogP contribution < -0.4 is 10.6 Å². The Morgan fingerprint density at radius 1 is 1.17 bits per heavy atom. The van der Waals surface area contributed by atoms with Gasteiger partial charge < -0.3 is 24.8 Å². The number of urea groups is 1. The van der Waals surface area contributed by atoms with Crippen molar-refractivity contribution in [2.75, 3.05) is 56.6 Å². The van der Waals surface area contributed by atoms with Crippen LogP contribution in [0, 0.1) is 20.8 Å². The van der Waals surface area contributed by atoms with Crippen LogP contribution in [0.4, 0.5) is 16.3 Å². The van der Waals surface area contributed by atoms with Gasteiger partial charge in [0.25, 0.3) is 0 Å². The predicted octanol–water partition coefficient (Wildman–Crippen LogP) is 2.40. The molecule has 1 aliphatic rings. The summed E-state index contributed by atoms with van der Waals surface area (Å²) in [6, 6.07) is 7.07. The lowest BCUT2D eigenvalue weighted by molar-refractivity contribution is -0.116. The van der Waals surface area contributed by atoms with E-state index in [1.807, 2.05) is 32.0 Å². The van der Waals surface area contributed by atoms with Crippen LogP contribution in [0.15, 0.2) is 28.8 Å². The average Bonchev–Trinajstić information content (AvgIpc) is 3.13. The van der Waals surface area contributed by atoms with Gasteiger partial charge in [-0.15, -0.1) is 0 Å². The van der Waals surface area contributed by atoms with E-state index in [2.05, 4.69) is 20.7 Å². The van der Waals surface area contributed by atoms with E-state index in [0.29, 0.717) is 37.9 Å². The molecule has 3 amide bonds. The number of anilines is 2. The lowest BCUT2D eigenvalue weighted by Crippen LogP contribution is -2.46. The molecule has 1 aliphatic heterocycles. The minimum absolute atomic E-state index is 0.0903. The number of rotatable bonds is 7. The predicted molar refractivity (Wildman–Crippen MR) is 114 cm³/mol. The summed E-state index contributed by atoms with van der Waals surface area (Å²) in [4.78, 5) is 29.2. The minimum atomic E-state index is -0.332. The Morgan fingerprint density at radius 3 is 2.63 bits per heavy atom. The molecule has 0 spiro atoms. The highest BCUT2D eigenvalue weighted by molar-refractivity contribution is 5.96. The van der Waals surface area contributed by atoms with Crippen molar-refractivity contribution >= 4 is 23.4 Å². The summed E-state index contributed by atoms with van der Waals surface area (Å²) in [5.74, 6) is 0.601. The van der Waals surface area contributed by atoms with Crippen LogP contribution in [-0.4, -0.2) is 72.8 Å². The Morgan fingerprint density at radius 2 is 1.93 bits per heavy atom. The fraction of sp³-hybridized carbons (Fsp3) is 0.476. The summed E-state index contributed by atoms with van der Waals surface area (Å²) < 4.78 is 10.3. The zero-order chi connectivity index (χ0) is 21.5. The number of aromatic nitrogens is 1. The summed E-state index contributed by atoms with van der Waals surface area (Å²) in [6.45, 7) is 9.69. The van der Waals surface area contributed by atoms with Gasteiger partial charge in [0.1, 0.15) is 12.3 Å². The summed E-state index contributed by atoms with van der Waals surface area (Å²) in [5, 5.41) is 9.38. The molecule has 3 rings (SSSR count). The van der Waals surface area contributed by atoms with Crippen LogP contribution >= 0.6 is 0 Å². The van der Waals surface area contributed by atoms with Gasteiger partial charge in [0.15, 0.2) is 5.82 Å². The SMILES string of the molecule is Cc1cc(NC(=O)CN(CCN2CCOCC2)C(=O)Nc2cccc(C)c2C)no1. The molecule has 9 nitrogen and oxygen atoms in total. The molecule has 30 heavy (non-hydrogen) atoms. The van der Waals surface area contributed by atoms with E-state index >= 15 is 0 Å². The Bertz CT molecular complexity index is 876. The summed E-state index contributed by atoms with van der Waals surface area (Å²) >= 11 is 0. The van der Waals surface area contributed by atoms with E-state index in [4.69, 9.17) is 9.26 Å². The normalized spacial score (nSPS) is 14.4. The van der Waals surface area contributed by atoms with Gasteiger partial charge >= 0.3 is 6.03 Å². The molecule has 2 aromatic rings. The van der Waals surface area contributed by atoms with Crippen molar-refractivity contribution in [3.05, 3.63) is 41.2 Å². The lowest BCUT2D eigenvalue weighted by atomic mass is 10.1. The molecule has 0 aliphatic carbocycles. The topological polar surface area (TPSA) is 99.9 Å². The molecule has 0 atom stereocenters. The minimum Gasteiger partial charge on any atom is -0.379 e. The molecule has 0 saturated carbocycles. The van der Waals surface area contributed by atoms with E-state index in [0.717, 1.165) is 29.9 Å². The molecule has 1 fully saturated rings. The third-order valence-corrected chi connectivity index (χ3v) is 5.15. The highest BCUT2D eigenvalue weighted by Gasteiger charge is 2.21. The number of hydrogen-bond acceptors (Lipinski definition) is 6. The number of carbonyl (C=O) groups is 2. The smallest absolute Gasteiger partial charge is 0.322 e. The average molecular weight is 415 g/mol. The monoisotopic (exact) mass is 415 g/mol. The van der Waals surface area contributed by atoms with Crippen molar-refractivity contribution in [3.8, 4) is 0 Å². The van der Waals surface area contributed by atoms with Gasteiger partial charge in [0.05, 0.1) is 13.2 Å². The molecule has 2 N–H and O–H groups in total. The first-order valence-corrected chi connectivity index (χ1v) is 10.1. The zero-order valence-electron chi connectivity index (χ0n) is 17.7. The fourth-order valence-corrected chi connectivity index (χ4v) is 3.20. The molecule has 2 heterocycles. The van der Waals surface area contributed by atoms with Crippen LogP contribution in [-0.2, 0) is 9.53 Å². The zero-order valence-corrected chi connectivity index (χ0v) is 17.7. The Labute approximate surface area is 176 Å². The number of carbonyl (C=O) groups excluding carboxylic acids is 2. The van der Waals surface area contributed by atoms with Gasteiger partial charge in [0, 0.05) is 37.9 Å². The van der Waals surface area contributed by atoms with Crippen LogP contribution in [0.1, 0.15) is 16.9 Å². The van der Waals surface area contributed by atoms with Crippen molar-refractivity contribution in [2.45, 2.75) is 20.8 Å². The van der Waals surface area contributed by atoms with Gasteiger partial charge in [-0.2, -0.15) is 0 Å². The molecule has 0 radical (unpaired) electrons. The third-order valence-electron chi connectivity index (χ3n) is 5.15. The maximum Gasteiger partial charge on any atom is 0.322 e. The number of benzene rings is 1. The number of hydrogen-bond donors (Lipinski definition) is 2. The lowest BCUT2D eigenvalue weighted by Gasteiger charge is -2.30. The molecule has 9 heteroatoms. The van der Waals surface area contributed by atoms with E-state index < -0.39 is 0 Å². The Kier molecular flexibility index (Phi) is 7.42. The third kappa shape index (κ3) is 6.04. The van der Waals surface area contributed by atoms with Crippen molar-refractivity contribution < 1.29 is 18.8 Å². The molecule has 162 valence electrons. The quantitative estimate of drug-likeness (QED) is 0.720. The first kappa shape index (κ1) is 21.8. The first-order valence-electron chi connectivity index (χ1n) is 10.1. The number of nitrogens with zero attached hydrogens (tertiary/aromatic N) is 3. The summed E-state index contributed by atoms with van der Waals surface area (Å²) in [5.41, 5.74) is 2.83. The second-order valence-corrected chi connectivity index (χ2v) is 7.42. The van der Waals surface area contributed by atoms with E-state index in [9.17, 15) is 9.59 Å². The molecule has 0 unspecified atom stereocenters. The molecule has 1 saturated heterocycles. The Balaban J connectivity index is 1.66. The standard InChI is InChI=1S/C21H29N5O4/c1-15-5-4-6-18(17(15)3)22-21(28)26(8-7-25-9-11-29-12-10-25)14-20(27)23-19-13-16(2)30-24-19/h4-6,13H,7-12,14H2,1-3H3,(H,22,28)(H,23,24,27). The first-order chi connectivity index (χ1) is 14.4. The molecule has 1 aromatic carbocycles. The van der Waals surface area contributed by atoms with Gasteiger partial charge in [-0.1, -0.05) is 17.3 Å². The maximum atomic E-state index is 13.0. The van der Waals surface area contributed by atoms with E-state index in [-0.39, 0.29) is 18.5 Å². The Hall–Kier alpha value is -2.91. The van der Waals surface area contributed by atoms with Crippen molar-refractivity contribution in [1.29, 1.82) is 0 Å². The van der Waals surface area contributed by atoms with Crippen molar-refractivity contribution in [3.63, 3.8) is 0 Å². The summed E-state index contributed by atoms with van der Waals surface area (Å²) in [6.07, 6.45) is 0. The molecule has 0 bridgehead atoms. The highest BCUT2D eigenvalue weighted by Crippen LogP contribution is 2.18. The molecular weight excluding hydrogens is 386 g/mol. The van der Waals surface area contributed by atoms with Gasteiger partial charge in [-0.3, -0.25) is 9.69 Å². The number of aryl methyl sites for hydroxylation is 2. The van der Waals surface area contributed by atoms with Crippen LogP contribution in [0.25, 0.3) is 0 Å². The van der Waals surface area contributed by atoms with Crippen LogP contribution in [0.3, 0.4) is 0 Å². The second-order valence-electron chi connectivity index (χ2n) is 7.42. The highest BCUT2D eigenvalue weighted by atomic mass is 16.5. The largest absolute Gasteiger partial charge is 0.379 e. The number of nitrogens with one attached hydrogen (secondary N) is 2. The van der Waals surface area contributed by atoms with Crippen LogP contribution in [0.2, 0.25) is 0 Å². The number of amides is 3. The fourth-order valence-electron chi connectivity index (χ4n) is 3.20. The van der Waals surface area contributed by atoms with Crippen molar-refractivity contribution in [1.82, 2.24) is 15.0 Å². The maximum absolute atomic E-state index is 13.0. The van der Waals surface area contributed by atoms with Gasteiger partial charge in [0.2, 0.25) is 5.91 Å². The van der Waals surface area contributed by atoms with Crippen molar-refractivity contribution in [2.24, 2.45) is 0 Å². The molecular formula is C21H29N5O4. The second kappa shape index (κ2) is 10.2. The summed E-state index contributed by atoms with van der Waals surface area (Å²) in [7, 11) is 0. The van der Waals surface area contributed by atoms with Gasteiger partial charge in [-0.05, 0) is 38.0 Å². The van der Waals surface area contributed by atoms with E-state index in [1.165, 1.54) is 4.90 Å². The van der Waals surface area contributed by atoms with E-state index in [1.54, 1.807) is 13.0 Å². The number of ether oxygens (including phenoxy) is 1. The van der Waals surface area contributed by atoms with Crippen LogP contribution in [0.5, 0.6) is 0 Å².